The van der Waals surface area contributed by atoms with Crippen LogP contribution in [0.1, 0.15) is 40.0 Å². The normalized spacial score (nSPS) is 18.7. The fourth-order valence-electron chi connectivity index (χ4n) is 3.94. The third-order valence-electron chi connectivity index (χ3n) is 6.45. The summed E-state index contributed by atoms with van der Waals surface area (Å²) in [5.41, 5.74) is -3.35. The highest BCUT2D eigenvalue weighted by Crippen LogP contribution is 2.51. The number of sulfonamides is 1. The van der Waals surface area contributed by atoms with Gasteiger partial charge in [-0.05, 0) is 51.8 Å². The van der Waals surface area contributed by atoms with Gasteiger partial charge in [0.15, 0.2) is 5.15 Å². The summed E-state index contributed by atoms with van der Waals surface area (Å²) in [7, 11) is -4.30. The highest BCUT2D eigenvalue weighted by atomic mass is 35.5. The number of carbonyl (C=O) groups excluding carboxylic acids is 1. The molecule has 15 heteroatoms. The van der Waals surface area contributed by atoms with Crippen LogP contribution in [0.5, 0.6) is 5.75 Å². The van der Waals surface area contributed by atoms with Crippen LogP contribution in [0.3, 0.4) is 0 Å². The molecule has 1 aromatic heterocycles. The van der Waals surface area contributed by atoms with E-state index in [9.17, 15) is 31.6 Å². The fourth-order valence-corrected chi connectivity index (χ4v) is 5.89. The van der Waals surface area contributed by atoms with Crippen LogP contribution in [0.2, 0.25) is 5.15 Å². The van der Waals surface area contributed by atoms with Crippen molar-refractivity contribution in [1.29, 1.82) is 5.26 Å². The number of alkyl halides is 3. The molecule has 1 fully saturated rings. The number of hydrogen-bond acceptors (Lipinski definition) is 7. The van der Waals surface area contributed by atoms with Crippen molar-refractivity contribution in [2.75, 3.05) is 16.2 Å². The molecule has 1 N–H and O–H groups in total. The number of aromatic nitrogens is 2. The van der Waals surface area contributed by atoms with Crippen LogP contribution in [0.25, 0.3) is 0 Å². The molecule has 38 heavy (non-hydrogen) atoms. The average molecular weight is 576 g/mol. The number of nitriles is 1. The molecule has 1 aromatic carbocycles. The summed E-state index contributed by atoms with van der Waals surface area (Å²) in [4.78, 5) is 12.0. The number of halogens is 4. The van der Waals surface area contributed by atoms with Gasteiger partial charge in [0.2, 0.25) is 5.60 Å². The number of rotatable bonds is 7. The molecular formula is C23H25ClF3N5O5S. The number of benzene rings is 1. The molecule has 1 amide bonds. The minimum absolute atomic E-state index is 0.0243. The quantitative estimate of drug-likeness (QED) is 0.487. The Morgan fingerprint density at radius 1 is 1.37 bits per heavy atom. The third-order valence-corrected chi connectivity index (χ3v) is 8.63. The third kappa shape index (κ3) is 5.35. The largest absolute Gasteiger partial charge is 0.486 e. The molecular weight excluding hydrogens is 551 g/mol. The van der Waals surface area contributed by atoms with Gasteiger partial charge in [0.25, 0.3) is 10.0 Å². The second-order valence-electron chi connectivity index (χ2n) is 9.72. The summed E-state index contributed by atoms with van der Waals surface area (Å²) >= 11 is 6.15. The summed E-state index contributed by atoms with van der Waals surface area (Å²) < 4.78 is 79.8. The van der Waals surface area contributed by atoms with E-state index < -0.39 is 39.4 Å². The van der Waals surface area contributed by atoms with Crippen LogP contribution in [0.15, 0.2) is 29.3 Å². The molecule has 0 unspecified atom stereocenters. The van der Waals surface area contributed by atoms with E-state index in [1.165, 1.54) is 29.1 Å². The van der Waals surface area contributed by atoms with E-state index in [0.717, 1.165) is 4.31 Å². The first kappa shape index (κ1) is 27.8. The summed E-state index contributed by atoms with van der Waals surface area (Å²) in [5, 5.41) is 15.5. The van der Waals surface area contributed by atoms with Gasteiger partial charge in [0.05, 0.1) is 23.7 Å². The minimum Gasteiger partial charge on any atom is -0.486 e. The van der Waals surface area contributed by atoms with Crippen LogP contribution < -0.4 is 14.4 Å². The Morgan fingerprint density at radius 2 is 2.05 bits per heavy atom. The maximum absolute atomic E-state index is 13.8. The van der Waals surface area contributed by atoms with E-state index in [1.807, 2.05) is 0 Å². The zero-order valence-corrected chi connectivity index (χ0v) is 22.2. The smallest absolute Gasteiger partial charge is 0.427 e. The van der Waals surface area contributed by atoms with Crippen LogP contribution in [-0.2, 0) is 21.3 Å². The Bertz CT molecular complexity index is 1400. The second kappa shape index (κ2) is 9.53. The monoisotopic (exact) mass is 575 g/mol. The molecule has 0 saturated heterocycles. The first-order valence-corrected chi connectivity index (χ1v) is 13.5. The van der Waals surface area contributed by atoms with Crippen molar-refractivity contribution >= 4 is 39.1 Å². The molecule has 1 atom stereocenters. The Kier molecular flexibility index (Phi) is 6.98. The van der Waals surface area contributed by atoms with Gasteiger partial charge in [-0.25, -0.2) is 13.2 Å². The number of fused-ring (bicyclic) bond motifs is 1. The maximum Gasteiger partial charge on any atom is 0.427 e. The molecule has 10 nitrogen and oxygen atoms in total. The topological polar surface area (TPSA) is 127 Å². The van der Waals surface area contributed by atoms with Gasteiger partial charge >= 0.3 is 12.3 Å². The van der Waals surface area contributed by atoms with Gasteiger partial charge in [-0.15, -0.1) is 0 Å². The van der Waals surface area contributed by atoms with Crippen molar-refractivity contribution in [2.24, 2.45) is 5.41 Å². The molecule has 2 heterocycles. The zero-order chi connectivity index (χ0) is 28.1. The number of carbonyl (C=O) groups is 1. The molecule has 4 rings (SSSR count). The molecule has 0 spiro atoms. The van der Waals surface area contributed by atoms with Crippen molar-refractivity contribution in [2.45, 2.75) is 69.4 Å². The van der Waals surface area contributed by atoms with Crippen molar-refractivity contribution in [3.63, 3.8) is 0 Å². The van der Waals surface area contributed by atoms with Gasteiger partial charge in [-0.3, -0.25) is 14.3 Å². The highest BCUT2D eigenvalue weighted by Gasteiger charge is 2.51. The predicted molar refractivity (Wildman–Crippen MR) is 130 cm³/mol. The molecule has 2 aromatic rings. The number of hydrogen-bond donors (Lipinski definition) is 1. The molecule has 206 valence electrons. The van der Waals surface area contributed by atoms with Crippen molar-refractivity contribution in [3.05, 3.63) is 29.5 Å². The van der Waals surface area contributed by atoms with Crippen molar-refractivity contribution in [1.82, 2.24) is 9.78 Å². The SMILES string of the molecule is CCn1cc(S(=O)(=O)N2C[C@@H](CC3(C#N)CC3)Oc3ccc(NC(=O)OC(C)(C)C(F)(F)F)cc32)c(Cl)n1. The van der Waals surface area contributed by atoms with Crippen LogP contribution in [0, 0.1) is 16.7 Å². The summed E-state index contributed by atoms with van der Waals surface area (Å²) in [6.07, 6.45) is -3.90. The van der Waals surface area contributed by atoms with E-state index in [1.54, 1.807) is 6.92 Å². The standard InChI is InChI=1S/C23H25ClF3N5O5S/c1-4-31-12-18(19(24)30-31)38(34,35)32-11-15(10-22(13-28)7-8-22)36-17-6-5-14(9-16(17)32)29-20(33)37-21(2,3)23(25,26)27/h5-6,9,12,15H,4,7-8,10-11H2,1-3H3,(H,29,33)/t15-/m1/s1. The lowest BCUT2D eigenvalue weighted by Gasteiger charge is -2.36. The molecule has 0 bridgehead atoms. The van der Waals surface area contributed by atoms with E-state index >= 15 is 0 Å². The first-order valence-electron chi connectivity index (χ1n) is 11.7. The Hall–Kier alpha value is -3.18. The van der Waals surface area contributed by atoms with E-state index in [0.29, 0.717) is 39.7 Å². The summed E-state index contributed by atoms with van der Waals surface area (Å²) in [5.74, 6) is 0.145. The van der Waals surface area contributed by atoms with Gasteiger partial charge in [-0.1, -0.05) is 11.6 Å². The van der Waals surface area contributed by atoms with Gasteiger partial charge in [-0.2, -0.15) is 23.5 Å². The molecule has 1 saturated carbocycles. The van der Waals surface area contributed by atoms with E-state index in [2.05, 4.69) is 21.2 Å². The van der Waals surface area contributed by atoms with E-state index in [4.69, 9.17) is 16.3 Å². The fraction of sp³-hybridized carbons (Fsp3) is 0.522. The predicted octanol–water partition coefficient (Wildman–Crippen LogP) is 5.10. The van der Waals surface area contributed by atoms with E-state index in [-0.39, 0.29) is 33.7 Å². The molecule has 1 aliphatic heterocycles. The number of aryl methyl sites for hydroxylation is 1. The number of amides is 1. The zero-order valence-electron chi connectivity index (χ0n) is 20.7. The Morgan fingerprint density at radius 3 is 2.61 bits per heavy atom. The summed E-state index contributed by atoms with van der Waals surface area (Å²) in [6.45, 7) is 3.37. The maximum atomic E-state index is 13.8. The van der Waals surface area contributed by atoms with Gasteiger partial charge < -0.3 is 9.47 Å². The lowest BCUT2D eigenvalue weighted by atomic mass is 9.99. The first-order chi connectivity index (χ1) is 17.6. The average Bonchev–Trinajstić information content (AvgIpc) is 3.48. The highest BCUT2D eigenvalue weighted by molar-refractivity contribution is 7.93. The molecule has 0 radical (unpaired) electrons. The van der Waals surface area contributed by atoms with Crippen molar-refractivity contribution < 1.29 is 35.9 Å². The Labute approximate surface area is 222 Å². The van der Waals surface area contributed by atoms with Gasteiger partial charge in [0.1, 0.15) is 16.7 Å². The number of anilines is 2. The van der Waals surface area contributed by atoms with Crippen molar-refractivity contribution in [3.8, 4) is 11.8 Å². The lowest BCUT2D eigenvalue weighted by Crippen LogP contribution is -2.45. The van der Waals surface area contributed by atoms with Crippen LogP contribution in [-0.4, -0.2) is 48.7 Å². The number of ether oxygens (including phenoxy) is 2. The van der Waals surface area contributed by atoms with Crippen LogP contribution in [0.4, 0.5) is 29.3 Å². The number of nitrogens with one attached hydrogen (secondary N) is 1. The lowest BCUT2D eigenvalue weighted by molar-refractivity contribution is -0.242. The minimum atomic E-state index is -4.81. The van der Waals surface area contributed by atoms with Crippen LogP contribution >= 0.6 is 11.6 Å². The summed E-state index contributed by atoms with van der Waals surface area (Å²) in [6, 6.07) is 6.24. The van der Waals surface area contributed by atoms with Gasteiger partial charge in [0, 0.05) is 24.8 Å². The second-order valence-corrected chi connectivity index (χ2v) is 11.9. The number of nitrogens with zero attached hydrogens (tertiary/aromatic N) is 4. The Balaban J connectivity index is 1.68. The molecule has 1 aliphatic carbocycles. The molecule has 2 aliphatic rings.